The minimum atomic E-state index is -0.162. The van der Waals surface area contributed by atoms with Gasteiger partial charge in [0.25, 0.3) is 5.91 Å². The summed E-state index contributed by atoms with van der Waals surface area (Å²) in [5, 5.41) is 16.0. The molecule has 1 amide bonds. The minimum absolute atomic E-state index is 0.162. The second-order valence-corrected chi connectivity index (χ2v) is 7.71. The summed E-state index contributed by atoms with van der Waals surface area (Å²) in [6, 6.07) is 22.3. The quantitative estimate of drug-likeness (QED) is 0.405. The number of rotatable bonds is 4. The van der Waals surface area contributed by atoms with E-state index >= 15 is 0 Å². The molecule has 0 aliphatic carbocycles. The first kappa shape index (κ1) is 19.1. The van der Waals surface area contributed by atoms with Gasteiger partial charge in [-0.1, -0.05) is 28.1 Å². The van der Waals surface area contributed by atoms with Gasteiger partial charge in [-0.05, 0) is 60.7 Å². The number of carbonyl (C=O) groups is 1. The number of nitrogens with zero attached hydrogens (tertiary/aromatic N) is 5. The Morgan fingerprint density at radius 1 is 0.871 bits per heavy atom. The Hall–Kier alpha value is -3.91. The topological polar surface area (TPSA) is 85.1 Å². The van der Waals surface area contributed by atoms with Gasteiger partial charge in [0.1, 0.15) is 0 Å². The lowest BCUT2D eigenvalue weighted by Crippen LogP contribution is -2.11. The summed E-state index contributed by atoms with van der Waals surface area (Å²) in [6.07, 6.45) is 3.44. The Labute approximate surface area is 185 Å². The van der Waals surface area contributed by atoms with Crippen molar-refractivity contribution in [2.24, 2.45) is 0 Å². The molecule has 0 bridgehead atoms. The maximum absolute atomic E-state index is 12.4. The largest absolute Gasteiger partial charge is 0.322 e. The number of halogens is 1. The molecule has 0 atom stereocenters. The van der Waals surface area contributed by atoms with E-state index < -0.39 is 0 Å². The Bertz CT molecular complexity index is 1370. The number of hydrogen-bond donors (Lipinski definition) is 1. The van der Waals surface area contributed by atoms with Crippen molar-refractivity contribution in [1.29, 1.82) is 0 Å². The number of fused-ring (bicyclic) bond motifs is 1. The molecule has 0 radical (unpaired) electrons. The lowest BCUT2D eigenvalue weighted by Gasteiger charge is -2.07. The second-order valence-electron chi connectivity index (χ2n) is 6.79. The van der Waals surface area contributed by atoms with E-state index in [0.717, 1.165) is 21.3 Å². The smallest absolute Gasteiger partial charge is 0.255 e. The fourth-order valence-electron chi connectivity index (χ4n) is 3.15. The number of nitrogens with one attached hydrogen (secondary N) is 1. The molecule has 31 heavy (non-hydrogen) atoms. The SMILES string of the molecule is O=C(Nc1ccc(-c2ccc3nnc(-c4cccnc4)n3n2)cc1)c1ccc(Br)cc1. The van der Waals surface area contributed by atoms with Gasteiger partial charge in [-0.2, -0.15) is 9.61 Å². The van der Waals surface area contributed by atoms with Crippen LogP contribution >= 0.6 is 15.9 Å². The molecule has 0 saturated carbocycles. The first-order valence-corrected chi connectivity index (χ1v) is 10.3. The van der Waals surface area contributed by atoms with Gasteiger partial charge in [0.05, 0.1) is 5.69 Å². The van der Waals surface area contributed by atoms with E-state index in [4.69, 9.17) is 5.10 Å². The fourth-order valence-corrected chi connectivity index (χ4v) is 3.41. The molecule has 3 heterocycles. The van der Waals surface area contributed by atoms with Crippen LogP contribution in [-0.2, 0) is 0 Å². The van der Waals surface area contributed by atoms with Gasteiger partial charge in [0, 0.05) is 39.2 Å². The highest BCUT2D eigenvalue weighted by Crippen LogP contribution is 2.22. The molecule has 7 nitrogen and oxygen atoms in total. The normalized spacial score (nSPS) is 10.9. The van der Waals surface area contributed by atoms with Gasteiger partial charge >= 0.3 is 0 Å². The van der Waals surface area contributed by atoms with Gasteiger partial charge in [0.2, 0.25) is 0 Å². The van der Waals surface area contributed by atoms with Crippen molar-refractivity contribution in [2.75, 3.05) is 5.32 Å². The van der Waals surface area contributed by atoms with Crippen molar-refractivity contribution in [3.8, 4) is 22.6 Å². The van der Waals surface area contributed by atoms with Crippen molar-refractivity contribution < 1.29 is 4.79 Å². The van der Waals surface area contributed by atoms with Crippen LogP contribution in [0.1, 0.15) is 10.4 Å². The fraction of sp³-hybridized carbons (Fsp3) is 0. The number of pyridine rings is 1. The van der Waals surface area contributed by atoms with E-state index in [1.807, 2.05) is 60.7 Å². The lowest BCUT2D eigenvalue weighted by molar-refractivity contribution is 0.102. The van der Waals surface area contributed by atoms with Crippen molar-refractivity contribution in [1.82, 2.24) is 24.8 Å². The van der Waals surface area contributed by atoms with E-state index in [0.29, 0.717) is 22.7 Å². The molecule has 5 rings (SSSR count). The predicted octanol–water partition coefficient (Wildman–Crippen LogP) is 4.87. The van der Waals surface area contributed by atoms with Crippen LogP contribution in [0, 0.1) is 0 Å². The van der Waals surface area contributed by atoms with E-state index in [-0.39, 0.29) is 5.91 Å². The molecule has 0 saturated heterocycles. The van der Waals surface area contributed by atoms with Crippen molar-refractivity contribution >= 4 is 33.2 Å². The molecule has 0 aliphatic rings. The maximum atomic E-state index is 12.4. The van der Waals surface area contributed by atoms with Crippen LogP contribution in [0.15, 0.2) is 89.7 Å². The van der Waals surface area contributed by atoms with Crippen LogP contribution in [0.3, 0.4) is 0 Å². The van der Waals surface area contributed by atoms with Crippen LogP contribution in [0.4, 0.5) is 5.69 Å². The molecule has 5 aromatic rings. The summed E-state index contributed by atoms with van der Waals surface area (Å²) in [7, 11) is 0. The van der Waals surface area contributed by atoms with E-state index in [1.165, 1.54) is 0 Å². The van der Waals surface area contributed by atoms with Crippen LogP contribution in [0.2, 0.25) is 0 Å². The molecule has 1 N–H and O–H groups in total. The number of anilines is 1. The number of amides is 1. The summed E-state index contributed by atoms with van der Waals surface area (Å²) in [5.41, 5.74) is 4.47. The van der Waals surface area contributed by atoms with Gasteiger partial charge < -0.3 is 5.32 Å². The van der Waals surface area contributed by atoms with Crippen LogP contribution in [0.5, 0.6) is 0 Å². The third kappa shape index (κ3) is 3.93. The first-order valence-electron chi connectivity index (χ1n) is 9.47. The Morgan fingerprint density at radius 3 is 2.42 bits per heavy atom. The highest BCUT2D eigenvalue weighted by Gasteiger charge is 2.11. The molecule has 0 fully saturated rings. The van der Waals surface area contributed by atoms with Crippen molar-refractivity contribution in [3.63, 3.8) is 0 Å². The number of carbonyl (C=O) groups excluding carboxylic acids is 1. The third-order valence-corrected chi connectivity index (χ3v) is 5.26. The average molecular weight is 471 g/mol. The zero-order chi connectivity index (χ0) is 21.2. The Kier molecular flexibility index (Phi) is 4.97. The van der Waals surface area contributed by atoms with Gasteiger partial charge in [0.15, 0.2) is 11.5 Å². The average Bonchev–Trinajstić information content (AvgIpc) is 3.24. The minimum Gasteiger partial charge on any atom is -0.322 e. The molecule has 0 spiro atoms. The number of benzene rings is 2. The molecule has 150 valence electrons. The molecule has 2 aromatic carbocycles. The number of hydrogen-bond acceptors (Lipinski definition) is 5. The van der Waals surface area contributed by atoms with E-state index in [1.54, 1.807) is 29.0 Å². The van der Waals surface area contributed by atoms with Gasteiger partial charge in [-0.3, -0.25) is 9.78 Å². The lowest BCUT2D eigenvalue weighted by atomic mass is 10.1. The summed E-state index contributed by atoms with van der Waals surface area (Å²) in [5.74, 6) is 0.466. The van der Waals surface area contributed by atoms with E-state index in [9.17, 15) is 4.79 Å². The summed E-state index contributed by atoms with van der Waals surface area (Å²) in [6.45, 7) is 0. The van der Waals surface area contributed by atoms with Crippen molar-refractivity contribution in [3.05, 3.63) is 95.2 Å². The highest BCUT2D eigenvalue weighted by molar-refractivity contribution is 9.10. The first-order chi connectivity index (χ1) is 15.2. The Balaban J connectivity index is 1.40. The van der Waals surface area contributed by atoms with Crippen LogP contribution in [-0.4, -0.2) is 30.7 Å². The zero-order valence-corrected chi connectivity index (χ0v) is 17.7. The molecule has 0 unspecified atom stereocenters. The Morgan fingerprint density at radius 2 is 1.68 bits per heavy atom. The van der Waals surface area contributed by atoms with Crippen LogP contribution < -0.4 is 5.32 Å². The van der Waals surface area contributed by atoms with Crippen LogP contribution in [0.25, 0.3) is 28.3 Å². The van der Waals surface area contributed by atoms with Gasteiger partial charge in [-0.25, -0.2) is 0 Å². The summed E-state index contributed by atoms with van der Waals surface area (Å²) in [4.78, 5) is 16.6. The number of aromatic nitrogens is 5. The van der Waals surface area contributed by atoms with E-state index in [2.05, 4.69) is 36.4 Å². The highest BCUT2D eigenvalue weighted by atomic mass is 79.9. The summed E-state index contributed by atoms with van der Waals surface area (Å²) < 4.78 is 2.63. The molecule has 0 aliphatic heterocycles. The third-order valence-electron chi connectivity index (χ3n) is 4.73. The van der Waals surface area contributed by atoms with Gasteiger partial charge in [-0.15, -0.1) is 10.2 Å². The maximum Gasteiger partial charge on any atom is 0.255 e. The molecule has 8 heteroatoms. The monoisotopic (exact) mass is 470 g/mol. The molecular formula is C23H15BrN6O. The summed E-state index contributed by atoms with van der Waals surface area (Å²) >= 11 is 3.37. The standard InChI is InChI=1S/C23H15BrN6O/c24-18-7-3-16(4-8-18)23(31)26-19-9-5-15(6-10-19)20-11-12-21-27-28-22(30(21)29-20)17-2-1-13-25-14-17/h1-14H,(H,26,31). The zero-order valence-electron chi connectivity index (χ0n) is 16.1. The molecular weight excluding hydrogens is 456 g/mol. The predicted molar refractivity (Wildman–Crippen MR) is 122 cm³/mol. The molecule has 3 aromatic heterocycles. The second kappa shape index (κ2) is 8.08. The van der Waals surface area contributed by atoms with Crippen molar-refractivity contribution in [2.45, 2.75) is 0 Å².